The fourth-order valence-electron chi connectivity index (χ4n) is 1.67. The highest BCUT2D eigenvalue weighted by Gasteiger charge is 2.24. The highest BCUT2D eigenvalue weighted by molar-refractivity contribution is 5.51. The van der Waals surface area contributed by atoms with Gasteiger partial charge < -0.3 is 0 Å². The molecular weight excluding hydrogens is 209 g/mol. The first kappa shape index (κ1) is 12.6. The molecule has 1 aromatic carbocycles. The Bertz CT molecular complexity index is 391. The van der Waals surface area contributed by atoms with E-state index in [0.29, 0.717) is 11.1 Å². The van der Waals surface area contributed by atoms with Gasteiger partial charge in [-0.1, -0.05) is 32.0 Å². The van der Waals surface area contributed by atoms with Crippen molar-refractivity contribution in [1.29, 1.82) is 0 Å². The largest absolute Gasteiger partial charge is 0.276 e. The summed E-state index contributed by atoms with van der Waals surface area (Å²) < 4.78 is 12.6. The Labute approximate surface area is 94.4 Å². The molecule has 4 heteroatoms. The van der Waals surface area contributed by atoms with Crippen LogP contribution >= 0.6 is 0 Å². The summed E-state index contributed by atoms with van der Waals surface area (Å²) in [4.78, 5) is 10.6. The van der Waals surface area contributed by atoms with E-state index >= 15 is 0 Å². The summed E-state index contributed by atoms with van der Waals surface area (Å²) in [6.07, 6.45) is 0. The van der Waals surface area contributed by atoms with Crippen LogP contribution in [0.4, 0.5) is 10.1 Å². The van der Waals surface area contributed by atoms with Crippen molar-refractivity contribution in [3.63, 3.8) is 0 Å². The standard InChI is InChI=1S/C12H15FNO2/c1-8(2)10-5-4-6-11(9(3)7-13)12(10)14(15)16/h4-6,8-9H,3,7H2,1-2H3. The molecular formula is C12H15FNO2. The molecule has 1 unspecified atom stereocenters. The molecule has 0 aliphatic rings. The number of nitro groups is 1. The minimum absolute atomic E-state index is 0.00940. The number of nitrogens with zero attached hydrogens (tertiary/aromatic N) is 1. The number of alkyl halides is 1. The maximum absolute atomic E-state index is 12.6. The van der Waals surface area contributed by atoms with Crippen LogP contribution in [0.25, 0.3) is 0 Å². The van der Waals surface area contributed by atoms with E-state index in [0.717, 1.165) is 0 Å². The van der Waals surface area contributed by atoms with Gasteiger partial charge in [0, 0.05) is 17.0 Å². The Morgan fingerprint density at radius 2 is 2.00 bits per heavy atom. The molecule has 1 rings (SSSR count). The molecule has 1 atom stereocenters. The second-order valence-electron chi connectivity index (χ2n) is 4.05. The topological polar surface area (TPSA) is 43.1 Å². The summed E-state index contributed by atoms with van der Waals surface area (Å²) in [5, 5.41) is 11.0. The summed E-state index contributed by atoms with van der Waals surface area (Å²) >= 11 is 0. The molecule has 1 aromatic rings. The maximum atomic E-state index is 12.6. The normalized spacial score (nSPS) is 12.8. The molecule has 0 saturated heterocycles. The molecule has 0 fully saturated rings. The average Bonchev–Trinajstić information content (AvgIpc) is 2.26. The minimum Gasteiger partial charge on any atom is -0.258 e. The summed E-state index contributed by atoms with van der Waals surface area (Å²) in [5.74, 6) is -0.647. The fourth-order valence-corrected chi connectivity index (χ4v) is 1.67. The number of halogens is 1. The molecule has 0 aliphatic heterocycles. The van der Waals surface area contributed by atoms with Crippen molar-refractivity contribution in [2.45, 2.75) is 25.7 Å². The van der Waals surface area contributed by atoms with Crippen LogP contribution in [0, 0.1) is 17.0 Å². The molecule has 16 heavy (non-hydrogen) atoms. The Morgan fingerprint density at radius 3 is 2.44 bits per heavy atom. The van der Waals surface area contributed by atoms with E-state index in [2.05, 4.69) is 6.92 Å². The van der Waals surface area contributed by atoms with Crippen LogP contribution in [0.2, 0.25) is 0 Å². The van der Waals surface area contributed by atoms with Crippen molar-refractivity contribution < 1.29 is 9.31 Å². The average molecular weight is 224 g/mol. The van der Waals surface area contributed by atoms with Crippen LogP contribution in [-0.4, -0.2) is 11.6 Å². The van der Waals surface area contributed by atoms with Crippen molar-refractivity contribution in [2.75, 3.05) is 6.67 Å². The van der Waals surface area contributed by atoms with Crippen molar-refractivity contribution in [2.24, 2.45) is 0 Å². The van der Waals surface area contributed by atoms with Gasteiger partial charge in [-0.25, -0.2) is 0 Å². The minimum atomic E-state index is -0.692. The second kappa shape index (κ2) is 5.05. The number of benzene rings is 1. The lowest BCUT2D eigenvalue weighted by atomic mass is 9.93. The molecule has 87 valence electrons. The second-order valence-corrected chi connectivity index (χ2v) is 4.05. The zero-order valence-electron chi connectivity index (χ0n) is 9.44. The maximum Gasteiger partial charge on any atom is 0.276 e. The number of hydrogen-bond acceptors (Lipinski definition) is 2. The van der Waals surface area contributed by atoms with Gasteiger partial charge in [0.25, 0.3) is 5.69 Å². The van der Waals surface area contributed by atoms with Crippen molar-refractivity contribution in [1.82, 2.24) is 0 Å². The number of rotatable bonds is 4. The van der Waals surface area contributed by atoms with Gasteiger partial charge in [0.15, 0.2) is 0 Å². The van der Waals surface area contributed by atoms with Crippen LogP contribution in [-0.2, 0) is 0 Å². The first-order valence-corrected chi connectivity index (χ1v) is 5.15. The Morgan fingerprint density at radius 1 is 1.44 bits per heavy atom. The summed E-state index contributed by atoms with van der Waals surface area (Å²) in [7, 11) is 0. The molecule has 0 spiro atoms. The lowest BCUT2D eigenvalue weighted by Crippen LogP contribution is -2.05. The van der Waals surface area contributed by atoms with Gasteiger partial charge in [-0.15, -0.1) is 0 Å². The zero-order chi connectivity index (χ0) is 12.3. The Balaban J connectivity index is 3.38. The molecule has 0 saturated carbocycles. The van der Waals surface area contributed by atoms with Crippen molar-refractivity contribution in [3.8, 4) is 0 Å². The van der Waals surface area contributed by atoms with Crippen molar-refractivity contribution >= 4 is 5.69 Å². The molecule has 0 aromatic heterocycles. The molecule has 0 aliphatic carbocycles. The quantitative estimate of drug-likeness (QED) is 0.579. The van der Waals surface area contributed by atoms with Gasteiger partial charge in [0.05, 0.1) is 11.6 Å². The van der Waals surface area contributed by atoms with Gasteiger partial charge in [-0.05, 0) is 12.8 Å². The SMILES string of the molecule is [CH2]C(CF)c1cccc(C(C)C)c1[N+](=O)[O-]. The van der Waals surface area contributed by atoms with E-state index in [1.165, 1.54) is 0 Å². The lowest BCUT2D eigenvalue weighted by Gasteiger charge is -2.13. The predicted octanol–water partition coefficient (Wildman–Crippen LogP) is 3.61. The number of nitro benzene ring substituents is 1. The Kier molecular flexibility index (Phi) is 3.99. The highest BCUT2D eigenvalue weighted by Crippen LogP contribution is 2.33. The monoisotopic (exact) mass is 224 g/mol. The van der Waals surface area contributed by atoms with E-state index in [-0.39, 0.29) is 11.6 Å². The van der Waals surface area contributed by atoms with E-state index in [9.17, 15) is 14.5 Å². The van der Waals surface area contributed by atoms with Gasteiger partial charge >= 0.3 is 0 Å². The van der Waals surface area contributed by atoms with Crippen LogP contribution < -0.4 is 0 Å². The summed E-state index contributed by atoms with van der Waals surface area (Å²) in [5.41, 5.74) is 1.01. The molecule has 0 heterocycles. The molecule has 1 radical (unpaired) electrons. The molecule has 3 nitrogen and oxygen atoms in total. The van der Waals surface area contributed by atoms with Crippen LogP contribution in [0.15, 0.2) is 18.2 Å². The van der Waals surface area contributed by atoms with Gasteiger partial charge in [0.1, 0.15) is 0 Å². The van der Waals surface area contributed by atoms with E-state index in [4.69, 9.17) is 0 Å². The van der Waals surface area contributed by atoms with E-state index in [1.54, 1.807) is 18.2 Å². The van der Waals surface area contributed by atoms with Crippen LogP contribution in [0.1, 0.15) is 36.8 Å². The van der Waals surface area contributed by atoms with Crippen LogP contribution in [0.3, 0.4) is 0 Å². The van der Waals surface area contributed by atoms with Gasteiger partial charge in [-0.3, -0.25) is 14.5 Å². The smallest absolute Gasteiger partial charge is 0.258 e. The molecule has 0 N–H and O–H groups in total. The number of para-hydroxylation sites is 1. The van der Waals surface area contributed by atoms with Gasteiger partial charge in [0.2, 0.25) is 0 Å². The highest BCUT2D eigenvalue weighted by atomic mass is 19.1. The van der Waals surface area contributed by atoms with E-state index in [1.807, 2.05) is 13.8 Å². The fraction of sp³-hybridized carbons (Fsp3) is 0.417. The van der Waals surface area contributed by atoms with E-state index < -0.39 is 17.5 Å². The van der Waals surface area contributed by atoms with Crippen molar-refractivity contribution in [3.05, 3.63) is 46.4 Å². The summed E-state index contributed by atoms with van der Waals surface area (Å²) in [6.45, 7) is 6.65. The molecule has 0 amide bonds. The zero-order valence-corrected chi connectivity index (χ0v) is 9.44. The Hall–Kier alpha value is -1.45. The first-order valence-electron chi connectivity index (χ1n) is 5.15. The number of hydrogen-bond donors (Lipinski definition) is 0. The third-order valence-electron chi connectivity index (χ3n) is 2.53. The van der Waals surface area contributed by atoms with Crippen LogP contribution in [0.5, 0.6) is 0 Å². The third kappa shape index (κ3) is 2.38. The summed E-state index contributed by atoms with van der Waals surface area (Å²) in [6, 6.07) is 4.99. The third-order valence-corrected chi connectivity index (χ3v) is 2.53. The lowest BCUT2D eigenvalue weighted by molar-refractivity contribution is -0.386. The first-order chi connectivity index (χ1) is 7.49. The van der Waals surface area contributed by atoms with Gasteiger partial charge in [-0.2, -0.15) is 0 Å². The predicted molar refractivity (Wildman–Crippen MR) is 61.3 cm³/mol. The molecule has 0 bridgehead atoms.